The summed E-state index contributed by atoms with van der Waals surface area (Å²) in [6, 6.07) is 4.20. The molecule has 92 valence electrons. The summed E-state index contributed by atoms with van der Waals surface area (Å²) in [5, 5.41) is 12.5. The maximum Gasteiger partial charge on any atom is 0.101 e. The average molecular weight is 239 g/mol. The van der Waals surface area contributed by atoms with Gasteiger partial charge in [0.25, 0.3) is 0 Å². The molecule has 0 saturated carbocycles. The van der Waals surface area contributed by atoms with Gasteiger partial charge in [-0.15, -0.1) is 0 Å². The fourth-order valence-corrected chi connectivity index (χ4v) is 3.01. The Morgan fingerprint density at radius 3 is 3.17 bits per heavy atom. The zero-order valence-electron chi connectivity index (χ0n) is 10.6. The van der Waals surface area contributed by atoms with Crippen molar-refractivity contribution in [1.29, 1.82) is 5.26 Å². The van der Waals surface area contributed by atoms with Crippen molar-refractivity contribution in [2.75, 3.05) is 13.1 Å². The second-order valence-electron chi connectivity index (χ2n) is 5.28. The van der Waals surface area contributed by atoms with Crippen molar-refractivity contribution in [2.24, 2.45) is 11.8 Å². The van der Waals surface area contributed by atoms with Crippen molar-refractivity contribution in [3.05, 3.63) is 35.2 Å². The third-order valence-corrected chi connectivity index (χ3v) is 4.17. The molecule has 1 saturated heterocycles. The zero-order valence-corrected chi connectivity index (χ0v) is 10.6. The van der Waals surface area contributed by atoms with Crippen LogP contribution in [-0.2, 0) is 0 Å². The first-order valence-electron chi connectivity index (χ1n) is 6.56. The van der Waals surface area contributed by atoms with Gasteiger partial charge in [0, 0.05) is 12.7 Å². The first-order valence-corrected chi connectivity index (χ1v) is 6.56. The van der Waals surface area contributed by atoms with Crippen LogP contribution in [0.25, 0.3) is 5.57 Å². The van der Waals surface area contributed by atoms with Gasteiger partial charge in [-0.1, -0.05) is 6.08 Å². The Bertz CT molecular complexity index is 539. The van der Waals surface area contributed by atoms with Gasteiger partial charge in [0.1, 0.15) is 6.07 Å². The van der Waals surface area contributed by atoms with Gasteiger partial charge in [0.05, 0.1) is 11.3 Å². The zero-order chi connectivity index (χ0) is 12.5. The third kappa shape index (κ3) is 1.93. The summed E-state index contributed by atoms with van der Waals surface area (Å²) in [7, 11) is 0. The monoisotopic (exact) mass is 239 g/mol. The molecule has 1 fully saturated rings. The molecule has 2 unspecified atom stereocenters. The minimum Gasteiger partial charge on any atom is -0.316 e. The van der Waals surface area contributed by atoms with Crippen LogP contribution in [0.15, 0.2) is 18.3 Å². The van der Waals surface area contributed by atoms with Gasteiger partial charge in [-0.2, -0.15) is 5.26 Å². The van der Waals surface area contributed by atoms with Crippen LogP contribution in [0.5, 0.6) is 0 Å². The second kappa shape index (κ2) is 4.55. The molecule has 1 aliphatic heterocycles. The van der Waals surface area contributed by atoms with E-state index in [9.17, 15) is 0 Å². The summed E-state index contributed by atoms with van der Waals surface area (Å²) in [6.07, 6.45) is 6.66. The van der Waals surface area contributed by atoms with E-state index in [4.69, 9.17) is 5.26 Å². The van der Waals surface area contributed by atoms with Crippen LogP contribution in [0.1, 0.15) is 29.7 Å². The Morgan fingerprint density at radius 1 is 1.44 bits per heavy atom. The van der Waals surface area contributed by atoms with E-state index in [1.165, 1.54) is 12.0 Å². The highest BCUT2D eigenvalue weighted by atomic mass is 14.9. The first-order chi connectivity index (χ1) is 8.78. The van der Waals surface area contributed by atoms with E-state index < -0.39 is 0 Å². The molecule has 2 aliphatic rings. The lowest BCUT2D eigenvalue weighted by Crippen LogP contribution is -2.15. The molecule has 1 aromatic rings. The summed E-state index contributed by atoms with van der Waals surface area (Å²) in [6.45, 7) is 4.14. The predicted molar refractivity (Wildman–Crippen MR) is 70.7 cm³/mol. The van der Waals surface area contributed by atoms with Crippen molar-refractivity contribution in [3.63, 3.8) is 0 Å². The Morgan fingerprint density at radius 2 is 2.33 bits per heavy atom. The maximum atomic E-state index is 9.07. The SMILES string of the molecule is Cc1ncc(C2=CC3CNCC3CC2)cc1C#N. The molecule has 3 heteroatoms. The highest BCUT2D eigenvalue weighted by Crippen LogP contribution is 2.35. The summed E-state index contributed by atoms with van der Waals surface area (Å²) in [5.74, 6) is 1.48. The molecule has 0 bridgehead atoms. The van der Waals surface area contributed by atoms with Gasteiger partial charge >= 0.3 is 0 Å². The Hall–Kier alpha value is -1.66. The van der Waals surface area contributed by atoms with Crippen LogP contribution in [0.3, 0.4) is 0 Å². The van der Waals surface area contributed by atoms with Crippen LogP contribution >= 0.6 is 0 Å². The van der Waals surface area contributed by atoms with Crippen molar-refractivity contribution in [1.82, 2.24) is 10.3 Å². The number of aromatic nitrogens is 1. The summed E-state index contributed by atoms with van der Waals surface area (Å²) >= 11 is 0. The minimum absolute atomic E-state index is 0.667. The fraction of sp³-hybridized carbons (Fsp3) is 0.467. The molecule has 3 rings (SSSR count). The number of hydrogen-bond donors (Lipinski definition) is 1. The highest BCUT2D eigenvalue weighted by molar-refractivity contribution is 5.67. The number of aryl methyl sites for hydroxylation is 1. The van der Waals surface area contributed by atoms with E-state index in [-0.39, 0.29) is 0 Å². The normalized spacial score (nSPS) is 26.3. The molecule has 0 aromatic carbocycles. The molecule has 3 nitrogen and oxygen atoms in total. The maximum absolute atomic E-state index is 9.07. The van der Waals surface area contributed by atoms with E-state index in [0.29, 0.717) is 11.5 Å². The third-order valence-electron chi connectivity index (χ3n) is 4.17. The first kappa shape index (κ1) is 11.4. The Balaban J connectivity index is 1.93. The van der Waals surface area contributed by atoms with E-state index >= 15 is 0 Å². The van der Waals surface area contributed by atoms with Crippen molar-refractivity contribution < 1.29 is 0 Å². The number of rotatable bonds is 1. The molecule has 0 radical (unpaired) electrons. The molecule has 0 amide bonds. The van der Waals surface area contributed by atoms with Crippen LogP contribution in [-0.4, -0.2) is 18.1 Å². The Kier molecular flexibility index (Phi) is 2.89. The van der Waals surface area contributed by atoms with Gasteiger partial charge in [-0.3, -0.25) is 4.98 Å². The minimum atomic E-state index is 0.667. The number of fused-ring (bicyclic) bond motifs is 1. The summed E-state index contributed by atoms with van der Waals surface area (Å²) in [5.41, 5.74) is 4.00. The van der Waals surface area contributed by atoms with Crippen LogP contribution in [0.2, 0.25) is 0 Å². The van der Waals surface area contributed by atoms with Crippen molar-refractivity contribution in [3.8, 4) is 6.07 Å². The number of nitrogens with zero attached hydrogens (tertiary/aromatic N) is 2. The molecule has 2 atom stereocenters. The summed E-state index contributed by atoms with van der Waals surface area (Å²) in [4.78, 5) is 4.33. The molecule has 18 heavy (non-hydrogen) atoms. The number of nitriles is 1. The van der Waals surface area contributed by atoms with Crippen molar-refractivity contribution in [2.45, 2.75) is 19.8 Å². The van der Waals surface area contributed by atoms with E-state index in [1.54, 1.807) is 0 Å². The van der Waals surface area contributed by atoms with Gasteiger partial charge in [0.15, 0.2) is 0 Å². The molecular formula is C15H17N3. The quantitative estimate of drug-likeness (QED) is 0.818. The molecule has 1 N–H and O–H groups in total. The smallest absolute Gasteiger partial charge is 0.101 e. The predicted octanol–water partition coefficient (Wildman–Crippen LogP) is 2.27. The number of pyridine rings is 1. The molecular weight excluding hydrogens is 222 g/mol. The number of nitrogens with one attached hydrogen (secondary N) is 1. The molecule has 0 spiro atoms. The van der Waals surface area contributed by atoms with E-state index in [2.05, 4.69) is 22.4 Å². The lowest BCUT2D eigenvalue weighted by atomic mass is 9.81. The fourth-order valence-electron chi connectivity index (χ4n) is 3.01. The van der Waals surface area contributed by atoms with Crippen LogP contribution < -0.4 is 5.32 Å². The summed E-state index contributed by atoms with van der Waals surface area (Å²) < 4.78 is 0. The number of allylic oxidation sites excluding steroid dienone is 1. The van der Waals surface area contributed by atoms with Crippen LogP contribution in [0.4, 0.5) is 0 Å². The van der Waals surface area contributed by atoms with Crippen LogP contribution in [0, 0.1) is 30.1 Å². The van der Waals surface area contributed by atoms with Gasteiger partial charge < -0.3 is 5.32 Å². The molecule has 1 aromatic heterocycles. The largest absolute Gasteiger partial charge is 0.316 e. The van der Waals surface area contributed by atoms with Gasteiger partial charge in [-0.25, -0.2) is 0 Å². The topological polar surface area (TPSA) is 48.7 Å². The number of hydrogen-bond acceptors (Lipinski definition) is 3. The molecule has 2 heterocycles. The van der Waals surface area contributed by atoms with E-state index in [0.717, 1.165) is 36.7 Å². The highest BCUT2D eigenvalue weighted by Gasteiger charge is 2.29. The van der Waals surface area contributed by atoms with Crippen molar-refractivity contribution >= 4 is 5.57 Å². The molecule has 1 aliphatic carbocycles. The lowest BCUT2D eigenvalue weighted by molar-refractivity contribution is 0.448. The average Bonchev–Trinajstić information content (AvgIpc) is 2.86. The lowest BCUT2D eigenvalue weighted by Gasteiger charge is -2.23. The Labute approximate surface area is 108 Å². The standard InChI is InChI=1S/C15H17N3/c1-10-13(6-16)5-15(9-18-10)11-2-3-12-7-17-8-14(12)4-11/h4-5,9,12,14,17H,2-3,7-8H2,1H3. The van der Waals surface area contributed by atoms with E-state index in [1.807, 2.05) is 19.2 Å². The second-order valence-corrected chi connectivity index (χ2v) is 5.28. The van der Waals surface area contributed by atoms with Gasteiger partial charge in [0.2, 0.25) is 0 Å². The van der Waals surface area contributed by atoms with Gasteiger partial charge in [-0.05, 0) is 55.3 Å².